The molecule has 1 rings (SSSR count). The third-order valence-corrected chi connectivity index (χ3v) is 3.74. The summed E-state index contributed by atoms with van der Waals surface area (Å²) < 4.78 is 16.3. The first-order valence-corrected chi connectivity index (χ1v) is 6.77. The Kier molecular flexibility index (Phi) is 5.43. The van der Waals surface area contributed by atoms with Crippen molar-refractivity contribution < 1.29 is 19.0 Å². The van der Waals surface area contributed by atoms with Crippen molar-refractivity contribution >= 4 is 5.78 Å². The summed E-state index contributed by atoms with van der Waals surface area (Å²) in [6.45, 7) is 7.68. The van der Waals surface area contributed by atoms with E-state index in [4.69, 9.17) is 14.2 Å². The molecule has 0 aromatic heterocycles. The zero-order valence-corrected chi connectivity index (χ0v) is 13.4. The fourth-order valence-electron chi connectivity index (χ4n) is 2.44. The lowest BCUT2D eigenvalue weighted by atomic mass is 9.92. The number of carbonyl (C=O) groups excluding carboxylic acids is 1. The van der Waals surface area contributed by atoms with E-state index in [9.17, 15) is 4.79 Å². The maximum absolute atomic E-state index is 12.6. The van der Waals surface area contributed by atoms with Gasteiger partial charge in [0.15, 0.2) is 5.78 Å². The SMILES string of the molecule is CC[C@@H](C)C(=O)c1c(OC)c(C)c(OC)c(C)c1OC. The van der Waals surface area contributed by atoms with Crippen molar-refractivity contribution in [2.75, 3.05) is 21.3 Å². The van der Waals surface area contributed by atoms with E-state index in [-0.39, 0.29) is 11.7 Å². The summed E-state index contributed by atoms with van der Waals surface area (Å²) in [5.74, 6) is 1.73. The monoisotopic (exact) mass is 280 g/mol. The molecule has 0 aliphatic heterocycles. The van der Waals surface area contributed by atoms with E-state index in [1.54, 1.807) is 21.3 Å². The highest BCUT2D eigenvalue weighted by Gasteiger charge is 2.28. The molecule has 0 aliphatic rings. The van der Waals surface area contributed by atoms with E-state index >= 15 is 0 Å². The lowest BCUT2D eigenvalue weighted by Gasteiger charge is -2.21. The number of ether oxygens (including phenoxy) is 3. The molecule has 0 aliphatic carbocycles. The summed E-state index contributed by atoms with van der Waals surface area (Å²) in [7, 11) is 4.72. The van der Waals surface area contributed by atoms with Gasteiger partial charge in [-0.15, -0.1) is 0 Å². The maximum Gasteiger partial charge on any atom is 0.173 e. The Morgan fingerprint density at radius 2 is 1.35 bits per heavy atom. The lowest BCUT2D eigenvalue weighted by molar-refractivity contribution is 0.0920. The third kappa shape index (κ3) is 2.60. The van der Waals surface area contributed by atoms with Gasteiger partial charge >= 0.3 is 0 Å². The Morgan fingerprint density at radius 3 is 1.65 bits per heavy atom. The Bertz CT molecular complexity index is 475. The highest BCUT2D eigenvalue weighted by atomic mass is 16.5. The number of carbonyl (C=O) groups is 1. The summed E-state index contributed by atoms with van der Waals surface area (Å²) in [6, 6.07) is 0. The summed E-state index contributed by atoms with van der Waals surface area (Å²) in [5.41, 5.74) is 2.15. The van der Waals surface area contributed by atoms with Gasteiger partial charge in [-0.05, 0) is 20.3 Å². The van der Waals surface area contributed by atoms with Crippen LogP contribution in [0.5, 0.6) is 17.2 Å². The number of benzene rings is 1. The molecule has 0 bridgehead atoms. The maximum atomic E-state index is 12.6. The van der Waals surface area contributed by atoms with Crippen LogP contribution in [0.25, 0.3) is 0 Å². The molecule has 0 unspecified atom stereocenters. The molecular formula is C16H24O4. The standard InChI is InChI=1S/C16H24O4/c1-8-9(2)13(17)12-15(19-6)10(3)14(18-5)11(4)16(12)20-7/h9H,8H2,1-7H3/t9-/m1/s1. The van der Waals surface area contributed by atoms with Crippen molar-refractivity contribution in [3.05, 3.63) is 16.7 Å². The molecule has 0 saturated heterocycles. The molecular weight excluding hydrogens is 256 g/mol. The smallest absolute Gasteiger partial charge is 0.173 e. The average molecular weight is 280 g/mol. The Morgan fingerprint density at radius 1 is 0.950 bits per heavy atom. The van der Waals surface area contributed by atoms with Crippen LogP contribution in [0.15, 0.2) is 0 Å². The minimum Gasteiger partial charge on any atom is -0.496 e. The van der Waals surface area contributed by atoms with E-state index in [0.29, 0.717) is 22.8 Å². The second kappa shape index (κ2) is 6.64. The molecule has 20 heavy (non-hydrogen) atoms. The minimum atomic E-state index is -0.0787. The molecule has 4 heteroatoms. The first kappa shape index (κ1) is 16.3. The van der Waals surface area contributed by atoms with Gasteiger partial charge in [0, 0.05) is 17.0 Å². The molecule has 1 aromatic carbocycles. The number of rotatable bonds is 6. The quantitative estimate of drug-likeness (QED) is 0.747. The molecule has 0 amide bonds. The molecule has 0 radical (unpaired) electrons. The molecule has 0 fully saturated rings. The molecule has 0 heterocycles. The second-order valence-corrected chi connectivity index (χ2v) is 4.90. The largest absolute Gasteiger partial charge is 0.496 e. The highest BCUT2D eigenvalue weighted by Crippen LogP contribution is 2.43. The van der Waals surface area contributed by atoms with Crippen LogP contribution in [0.3, 0.4) is 0 Å². The molecule has 112 valence electrons. The highest BCUT2D eigenvalue weighted by molar-refractivity contribution is 6.04. The van der Waals surface area contributed by atoms with Crippen LogP contribution in [-0.4, -0.2) is 27.1 Å². The summed E-state index contributed by atoms with van der Waals surface area (Å²) in [5, 5.41) is 0. The van der Waals surface area contributed by atoms with Crippen molar-refractivity contribution in [2.45, 2.75) is 34.1 Å². The van der Waals surface area contributed by atoms with Gasteiger partial charge in [0.2, 0.25) is 0 Å². The van der Waals surface area contributed by atoms with Gasteiger partial charge < -0.3 is 14.2 Å². The molecule has 4 nitrogen and oxygen atoms in total. The van der Waals surface area contributed by atoms with Crippen LogP contribution >= 0.6 is 0 Å². The molecule has 0 spiro atoms. The van der Waals surface area contributed by atoms with Crippen LogP contribution in [0.4, 0.5) is 0 Å². The second-order valence-electron chi connectivity index (χ2n) is 4.90. The third-order valence-electron chi connectivity index (χ3n) is 3.74. The number of hydrogen-bond acceptors (Lipinski definition) is 4. The molecule has 1 atom stereocenters. The van der Waals surface area contributed by atoms with Gasteiger partial charge in [0.05, 0.1) is 21.3 Å². The van der Waals surface area contributed by atoms with Crippen LogP contribution in [0, 0.1) is 19.8 Å². The predicted molar refractivity (Wildman–Crippen MR) is 79.4 cm³/mol. The molecule has 0 saturated carbocycles. The van der Waals surface area contributed by atoms with Gasteiger partial charge in [0.1, 0.15) is 22.8 Å². The number of Topliss-reactive ketones (excluding diaryl/α,β-unsaturated/α-hetero) is 1. The van der Waals surface area contributed by atoms with Gasteiger partial charge in [-0.2, -0.15) is 0 Å². The van der Waals surface area contributed by atoms with Gasteiger partial charge in [0.25, 0.3) is 0 Å². The van der Waals surface area contributed by atoms with Crippen molar-refractivity contribution in [1.82, 2.24) is 0 Å². The fraction of sp³-hybridized carbons (Fsp3) is 0.562. The Balaban J connectivity index is 3.68. The van der Waals surface area contributed by atoms with Gasteiger partial charge in [-0.25, -0.2) is 0 Å². The summed E-state index contributed by atoms with van der Waals surface area (Å²) >= 11 is 0. The van der Waals surface area contributed by atoms with E-state index in [2.05, 4.69) is 0 Å². The van der Waals surface area contributed by atoms with Crippen LogP contribution < -0.4 is 14.2 Å². The zero-order chi connectivity index (χ0) is 15.4. The Labute approximate surface area is 121 Å². The summed E-state index contributed by atoms with van der Waals surface area (Å²) in [4.78, 5) is 12.6. The normalized spacial score (nSPS) is 11.9. The minimum absolute atomic E-state index is 0.0371. The first-order chi connectivity index (χ1) is 9.44. The van der Waals surface area contributed by atoms with E-state index in [1.165, 1.54) is 0 Å². The van der Waals surface area contributed by atoms with Crippen molar-refractivity contribution in [3.63, 3.8) is 0 Å². The van der Waals surface area contributed by atoms with Crippen LogP contribution in [-0.2, 0) is 0 Å². The number of ketones is 1. The van der Waals surface area contributed by atoms with Gasteiger partial charge in [-0.1, -0.05) is 13.8 Å². The number of methoxy groups -OCH3 is 3. The fourth-order valence-corrected chi connectivity index (χ4v) is 2.44. The summed E-state index contributed by atoms with van der Waals surface area (Å²) in [6.07, 6.45) is 0.773. The first-order valence-electron chi connectivity index (χ1n) is 6.77. The lowest BCUT2D eigenvalue weighted by Crippen LogP contribution is -2.15. The van der Waals surface area contributed by atoms with Crippen molar-refractivity contribution in [1.29, 1.82) is 0 Å². The predicted octanol–water partition coefficient (Wildman–Crippen LogP) is 3.56. The van der Waals surface area contributed by atoms with E-state index in [0.717, 1.165) is 17.5 Å². The van der Waals surface area contributed by atoms with Gasteiger partial charge in [-0.3, -0.25) is 4.79 Å². The van der Waals surface area contributed by atoms with E-state index < -0.39 is 0 Å². The number of hydrogen-bond donors (Lipinski definition) is 0. The molecule has 1 aromatic rings. The average Bonchev–Trinajstić information content (AvgIpc) is 2.45. The topological polar surface area (TPSA) is 44.8 Å². The van der Waals surface area contributed by atoms with Crippen LogP contribution in [0.1, 0.15) is 41.8 Å². The zero-order valence-electron chi connectivity index (χ0n) is 13.4. The molecule has 0 N–H and O–H groups in total. The van der Waals surface area contributed by atoms with Crippen molar-refractivity contribution in [3.8, 4) is 17.2 Å². The van der Waals surface area contributed by atoms with Crippen molar-refractivity contribution in [2.24, 2.45) is 5.92 Å². The Hall–Kier alpha value is -1.71. The van der Waals surface area contributed by atoms with E-state index in [1.807, 2.05) is 27.7 Å². The van der Waals surface area contributed by atoms with Crippen LogP contribution in [0.2, 0.25) is 0 Å².